The van der Waals surface area contributed by atoms with Gasteiger partial charge in [0.15, 0.2) is 11.5 Å². The van der Waals surface area contributed by atoms with Gasteiger partial charge in [0, 0.05) is 19.5 Å². The maximum absolute atomic E-state index is 12.2. The predicted octanol–water partition coefficient (Wildman–Crippen LogP) is 2.92. The summed E-state index contributed by atoms with van der Waals surface area (Å²) in [5, 5.41) is 9.39. The predicted molar refractivity (Wildman–Crippen MR) is 83.6 cm³/mol. The number of ether oxygens (including phenoxy) is 3. The van der Waals surface area contributed by atoms with Crippen LogP contribution in [-0.4, -0.2) is 43.0 Å². The smallest absolute Gasteiger partial charge is 0.414 e. The van der Waals surface area contributed by atoms with Crippen molar-refractivity contribution < 1.29 is 28.9 Å². The maximum Gasteiger partial charge on any atom is 0.414 e. The quantitative estimate of drug-likeness (QED) is 0.900. The van der Waals surface area contributed by atoms with Crippen LogP contribution in [0.1, 0.15) is 37.6 Å². The topological polar surface area (TPSA) is 85.3 Å². The average molecular weight is 323 g/mol. The molecule has 0 unspecified atom stereocenters. The molecule has 0 spiro atoms. The minimum Gasteiger partial charge on any atom is -0.489 e. The molecule has 1 aromatic carbocycles. The Balaban J connectivity index is 2.39. The largest absolute Gasteiger partial charge is 0.489 e. The molecule has 1 heterocycles. The fraction of sp³-hybridized carbons (Fsp3) is 0.500. The molecule has 0 fully saturated rings. The molecule has 0 aliphatic carbocycles. The lowest BCUT2D eigenvalue weighted by molar-refractivity contribution is 0.0587. The van der Waals surface area contributed by atoms with Crippen LogP contribution in [0.5, 0.6) is 11.5 Å². The number of nitrogens with zero attached hydrogens (tertiary/aromatic N) is 1. The molecule has 1 aromatic rings. The zero-order chi connectivity index (χ0) is 17.2. The molecule has 126 valence electrons. The number of hydrogen-bond acceptors (Lipinski definition) is 5. The van der Waals surface area contributed by atoms with Gasteiger partial charge in [-0.2, -0.15) is 0 Å². The average Bonchev–Trinajstić information content (AvgIpc) is 2.68. The monoisotopic (exact) mass is 323 g/mol. The third-order valence-corrected chi connectivity index (χ3v) is 3.12. The second-order valence-corrected chi connectivity index (χ2v) is 6.22. The van der Waals surface area contributed by atoms with Gasteiger partial charge < -0.3 is 19.3 Å². The third kappa shape index (κ3) is 4.06. The van der Waals surface area contributed by atoms with Crippen LogP contribution in [0.15, 0.2) is 12.1 Å². The van der Waals surface area contributed by atoms with E-state index in [1.807, 2.05) is 0 Å². The summed E-state index contributed by atoms with van der Waals surface area (Å²) in [6, 6.07) is 2.96. The van der Waals surface area contributed by atoms with E-state index in [0.29, 0.717) is 31.1 Å². The zero-order valence-corrected chi connectivity index (χ0v) is 13.7. The summed E-state index contributed by atoms with van der Waals surface area (Å²) in [5.74, 6) is -0.643. The molecule has 0 aromatic heterocycles. The second-order valence-electron chi connectivity index (χ2n) is 6.22. The molecule has 23 heavy (non-hydrogen) atoms. The Labute approximate surface area is 134 Å². The first kappa shape index (κ1) is 16.9. The normalized spacial score (nSPS) is 13.9. The lowest BCUT2D eigenvalue weighted by atomic mass is 10.1. The molecule has 1 aliphatic rings. The fourth-order valence-corrected chi connectivity index (χ4v) is 2.05. The SMILES string of the molecule is CN(C(=O)OC(C)(C)C)c1cc2c(c(C(=O)O)c1)OCCCO2. The van der Waals surface area contributed by atoms with Gasteiger partial charge in [-0.3, -0.25) is 4.90 Å². The van der Waals surface area contributed by atoms with Crippen LogP contribution in [0.2, 0.25) is 0 Å². The highest BCUT2D eigenvalue weighted by atomic mass is 16.6. The summed E-state index contributed by atoms with van der Waals surface area (Å²) in [6.45, 7) is 6.08. The van der Waals surface area contributed by atoms with Gasteiger partial charge in [0.25, 0.3) is 0 Å². The van der Waals surface area contributed by atoms with Crippen LogP contribution < -0.4 is 14.4 Å². The molecule has 0 saturated heterocycles. The minimum atomic E-state index is -1.15. The number of anilines is 1. The summed E-state index contributed by atoms with van der Waals surface area (Å²) in [7, 11) is 1.51. The van der Waals surface area contributed by atoms with Gasteiger partial charge >= 0.3 is 12.1 Å². The first-order chi connectivity index (χ1) is 10.7. The Morgan fingerprint density at radius 1 is 1.22 bits per heavy atom. The molecule has 2 rings (SSSR count). The van der Waals surface area contributed by atoms with Gasteiger partial charge in [0.1, 0.15) is 11.2 Å². The van der Waals surface area contributed by atoms with E-state index in [-0.39, 0.29) is 11.3 Å². The van der Waals surface area contributed by atoms with E-state index in [1.54, 1.807) is 26.8 Å². The number of carboxylic acids is 1. The molecule has 7 heteroatoms. The van der Waals surface area contributed by atoms with Gasteiger partial charge in [-0.15, -0.1) is 0 Å². The highest BCUT2D eigenvalue weighted by Gasteiger charge is 2.25. The van der Waals surface area contributed by atoms with Crippen molar-refractivity contribution in [2.24, 2.45) is 0 Å². The molecular formula is C16H21NO6. The Hall–Kier alpha value is -2.44. The zero-order valence-electron chi connectivity index (χ0n) is 13.7. The van der Waals surface area contributed by atoms with Crippen LogP contribution in [0.3, 0.4) is 0 Å². The van der Waals surface area contributed by atoms with Crippen molar-refractivity contribution in [3.63, 3.8) is 0 Å². The molecule has 0 bridgehead atoms. The number of carbonyl (C=O) groups is 2. The Bertz CT molecular complexity index is 620. The van der Waals surface area contributed by atoms with Gasteiger partial charge in [0.05, 0.1) is 18.9 Å². The molecule has 1 aliphatic heterocycles. The first-order valence-electron chi connectivity index (χ1n) is 7.32. The van der Waals surface area contributed by atoms with Crippen LogP contribution >= 0.6 is 0 Å². The van der Waals surface area contributed by atoms with E-state index in [1.165, 1.54) is 18.0 Å². The lowest BCUT2D eigenvalue weighted by Gasteiger charge is -2.25. The minimum absolute atomic E-state index is 0.0465. The lowest BCUT2D eigenvalue weighted by Crippen LogP contribution is -2.34. The van der Waals surface area contributed by atoms with Crippen molar-refractivity contribution in [3.05, 3.63) is 17.7 Å². The van der Waals surface area contributed by atoms with Crippen molar-refractivity contribution in [2.75, 3.05) is 25.2 Å². The van der Waals surface area contributed by atoms with Gasteiger partial charge in [-0.1, -0.05) is 0 Å². The van der Waals surface area contributed by atoms with Gasteiger partial charge in [-0.25, -0.2) is 9.59 Å². The number of carboxylic acid groups (broad SMARTS) is 1. The Kier molecular flexibility index (Phi) is 4.68. The van der Waals surface area contributed by atoms with E-state index in [9.17, 15) is 14.7 Å². The molecule has 7 nitrogen and oxygen atoms in total. The van der Waals surface area contributed by atoms with E-state index in [0.717, 1.165) is 0 Å². The number of aromatic carboxylic acids is 1. The molecule has 0 radical (unpaired) electrons. The number of carbonyl (C=O) groups excluding carboxylic acids is 1. The van der Waals surface area contributed by atoms with E-state index in [2.05, 4.69) is 0 Å². The highest BCUT2D eigenvalue weighted by Crippen LogP contribution is 2.37. The van der Waals surface area contributed by atoms with Crippen molar-refractivity contribution >= 4 is 17.7 Å². The van der Waals surface area contributed by atoms with E-state index in [4.69, 9.17) is 14.2 Å². The summed E-state index contributed by atoms with van der Waals surface area (Å²) >= 11 is 0. The van der Waals surface area contributed by atoms with E-state index >= 15 is 0 Å². The first-order valence-corrected chi connectivity index (χ1v) is 7.32. The van der Waals surface area contributed by atoms with Gasteiger partial charge in [0.2, 0.25) is 0 Å². The van der Waals surface area contributed by atoms with Crippen LogP contribution in [0, 0.1) is 0 Å². The fourth-order valence-electron chi connectivity index (χ4n) is 2.05. The molecule has 1 N–H and O–H groups in total. The van der Waals surface area contributed by atoms with Crippen molar-refractivity contribution in [2.45, 2.75) is 32.8 Å². The van der Waals surface area contributed by atoms with Crippen LogP contribution in [0.4, 0.5) is 10.5 Å². The highest BCUT2D eigenvalue weighted by molar-refractivity contribution is 5.96. The van der Waals surface area contributed by atoms with Crippen LogP contribution in [-0.2, 0) is 4.74 Å². The summed E-state index contributed by atoms with van der Waals surface area (Å²) in [6.07, 6.45) is 0.0775. The number of fused-ring (bicyclic) bond motifs is 1. The van der Waals surface area contributed by atoms with Crippen molar-refractivity contribution in [3.8, 4) is 11.5 Å². The standard InChI is InChI=1S/C16H21NO6/c1-16(2,3)23-15(20)17(4)10-8-11(14(18)19)13-12(9-10)21-6-5-7-22-13/h8-9H,5-7H2,1-4H3,(H,18,19). The molecular weight excluding hydrogens is 302 g/mol. The summed E-state index contributed by atoms with van der Waals surface area (Å²) < 4.78 is 16.3. The second kappa shape index (κ2) is 6.36. The summed E-state index contributed by atoms with van der Waals surface area (Å²) in [5.41, 5.74) is -0.331. The molecule has 0 saturated carbocycles. The number of amides is 1. The number of rotatable bonds is 2. The summed E-state index contributed by atoms with van der Waals surface area (Å²) in [4.78, 5) is 24.9. The van der Waals surface area contributed by atoms with Crippen molar-refractivity contribution in [1.82, 2.24) is 0 Å². The molecule has 0 atom stereocenters. The van der Waals surface area contributed by atoms with Crippen LogP contribution in [0.25, 0.3) is 0 Å². The van der Waals surface area contributed by atoms with Gasteiger partial charge in [-0.05, 0) is 26.8 Å². The van der Waals surface area contributed by atoms with Crippen molar-refractivity contribution in [1.29, 1.82) is 0 Å². The number of hydrogen-bond donors (Lipinski definition) is 1. The maximum atomic E-state index is 12.2. The number of benzene rings is 1. The Morgan fingerprint density at radius 2 is 1.87 bits per heavy atom. The Morgan fingerprint density at radius 3 is 2.48 bits per heavy atom. The molecule has 1 amide bonds. The van der Waals surface area contributed by atoms with E-state index < -0.39 is 17.7 Å². The third-order valence-electron chi connectivity index (χ3n) is 3.12.